The van der Waals surface area contributed by atoms with Gasteiger partial charge in [0.1, 0.15) is 0 Å². The number of aryl methyl sites for hydroxylation is 5. The second kappa shape index (κ2) is 3.55. The zero-order valence-corrected chi connectivity index (χ0v) is 10.9. The molecule has 0 amide bonds. The molecule has 0 unspecified atom stereocenters. The fraction of sp³-hybridized carbons (Fsp3) is 0.429. The van der Waals surface area contributed by atoms with Crippen LogP contribution in [0, 0.1) is 41.5 Å². The van der Waals surface area contributed by atoms with Gasteiger partial charge >= 0.3 is 0 Å². The first-order chi connectivity index (χ1) is 7.43. The highest BCUT2D eigenvalue weighted by Gasteiger charge is 2.12. The Balaban J connectivity index is 3.07. The number of hydrogen-bond donors (Lipinski definition) is 0. The molecule has 16 heavy (non-hydrogen) atoms. The van der Waals surface area contributed by atoms with Gasteiger partial charge < -0.3 is 0 Å². The van der Waals surface area contributed by atoms with Crippen molar-refractivity contribution in [1.29, 1.82) is 0 Å². The number of nitrogens with zero attached hydrogens (tertiary/aromatic N) is 2. The highest BCUT2D eigenvalue weighted by atomic mass is 14.8. The van der Waals surface area contributed by atoms with Crippen molar-refractivity contribution < 1.29 is 0 Å². The highest BCUT2D eigenvalue weighted by Crippen LogP contribution is 2.27. The maximum atomic E-state index is 4.72. The number of aromatic nitrogens is 2. The Morgan fingerprint density at radius 2 is 1.12 bits per heavy atom. The molecule has 0 aliphatic carbocycles. The molecule has 0 radical (unpaired) electrons. The van der Waals surface area contributed by atoms with E-state index in [1.807, 2.05) is 6.92 Å². The molecule has 0 aliphatic heterocycles. The SMILES string of the molecule is Cc1nc2c(C)c(C)nc(C)c2c(C)c1C. The van der Waals surface area contributed by atoms with Crippen LogP contribution in [0.25, 0.3) is 10.9 Å². The van der Waals surface area contributed by atoms with Crippen LogP contribution in [0.3, 0.4) is 0 Å². The number of fused-ring (bicyclic) bond motifs is 1. The van der Waals surface area contributed by atoms with Gasteiger partial charge in [0.05, 0.1) is 5.52 Å². The lowest BCUT2D eigenvalue weighted by Gasteiger charge is -2.13. The topological polar surface area (TPSA) is 25.8 Å². The Morgan fingerprint density at radius 3 is 1.75 bits per heavy atom. The van der Waals surface area contributed by atoms with Gasteiger partial charge in [0.2, 0.25) is 0 Å². The quantitative estimate of drug-likeness (QED) is 0.671. The van der Waals surface area contributed by atoms with Crippen LogP contribution in [0.4, 0.5) is 0 Å². The lowest BCUT2D eigenvalue weighted by Crippen LogP contribution is -2.01. The van der Waals surface area contributed by atoms with E-state index in [2.05, 4.69) is 39.6 Å². The molecular weight excluding hydrogens is 196 g/mol. The van der Waals surface area contributed by atoms with E-state index in [9.17, 15) is 0 Å². The van der Waals surface area contributed by atoms with Gasteiger partial charge in [-0.25, -0.2) is 0 Å². The summed E-state index contributed by atoms with van der Waals surface area (Å²) in [4.78, 5) is 9.31. The molecule has 2 nitrogen and oxygen atoms in total. The standard InChI is InChI=1S/C14H18N2/c1-7-8(2)13-12(6)15-11(5)9(3)14(13)16-10(7)4/h1-6H3. The third kappa shape index (κ3) is 1.41. The molecule has 0 atom stereocenters. The summed E-state index contributed by atoms with van der Waals surface area (Å²) in [6.07, 6.45) is 0. The van der Waals surface area contributed by atoms with Crippen LogP contribution in [0.5, 0.6) is 0 Å². The van der Waals surface area contributed by atoms with Gasteiger partial charge in [0, 0.05) is 22.5 Å². The van der Waals surface area contributed by atoms with Crippen LogP contribution >= 0.6 is 0 Å². The third-order valence-corrected chi connectivity index (χ3v) is 3.59. The molecular formula is C14H18N2. The average molecular weight is 214 g/mol. The summed E-state index contributed by atoms with van der Waals surface area (Å²) in [5.41, 5.74) is 8.21. The van der Waals surface area contributed by atoms with Crippen molar-refractivity contribution in [1.82, 2.24) is 9.97 Å². The van der Waals surface area contributed by atoms with Gasteiger partial charge in [-0.3, -0.25) is 9.97 Å². The molecule has 2 rings (SSSR count). The minimum absolute atomic E-state index is 1.08. The second-order valence-corrected chi connectivity index (χ2v) is 4.58. The van der Waals surface area contributed by atoms with E-state index in [1.165, 1.54) is 22.1 Å². The largest absolute Gasteiger partial charge is 0.257 e. The van der Waals surface area contributed by atoms with Crippen LogP contribution in [-0.2, 0) is 0 Å². The molecule has 0 aliphatic rings. The lowest BCUT2D eigenvalue weighted by atomic mass is 9.99. The van der Waals surface area contributed by atoms with Crippen LogP contribution in [0.1, 0.15) is 33.8 Å². The summed E-state index contributed by atoms with van der Waals surface area (Å²) in [5, 5.41) is 1.23. The van der Waals surface area contributed by atoms with Crippen LogP contribution in [0.15, 0.2) is 0 Å². The van der Waals surface area contributed by atoms with Gasteiger partial charge in [-0.05, 0) is 58.2 Å². The zero-order chi connectivity index (χ0) is 12.0. The molecule has 2 aromatic heterocycles. The highest BCUT2D eigenvalue weighted by molar-refractivity contribution is 5.88. The summed E-state index contributed by atoms with van der Waals surface area (Å²) in [6, 6.07) is 0. The van der Waals surface area contributed by atoms with Crippen molar-refractivity contribution in [3.63, 3.8) is 0 Å². The van der Waals surface area contributed by atoms with E-state index in [-0.39, 0.29) is 0 Å². The van der Waals surface area contributed by atoms with Crippen molar-refractivity contribution in [2.24, 2.45) is 0 Å². The van der Waals surface area contributed by atoms with Crippen molar-refractivity contribution in [3.05, 3.63) is 33.8 Å². The molecule has 84 valence electrons. The molecule has 0 N–H and O–H groups in total. The molecule has 2 heteroatoms. The molecule has 0 bridgehead atoms. The Morgan fingerprint density at radius 1 is 0.562 bits per heavy atom. The first kappa shape index (κ1) is 11.1. The van der Waals surface area contributed by atoms with E-state index in [0.29, 0.717) is 0 Å². The summed E-state index contributed by atoms with van der Waals surface area (Å²) >= 11 is 0. The number of hydrogen-bond acceptors (Lipinski definition) is 2. The summed E-state index contributed by atoms with van der Waals surface area (Å²) in [6.45, 7) is 12.6. The maximum Gasteiger partial charge on any atom is 0.0773 e. The maximum absolute atomic E-state index is 4.72. The predicted molar refractivity (Wildman–Crippen MR) is 68.0 cm³/mol. The Kier molecular flexibility index (Phi) is 2.45. The van der Waals surface area contributed by atoms with Gasteiger partial charge in [0.25, 0.3) is 0 Å². The number of rotatable bonds is 0. The summed E-state index contributed by atoms with van der Waals surface area (Å²) in [7, 11) is 0. The minimum Gasteiger partial charge on any atom is -0.257 e. The Labute approximate surface area is 96.7 Å². The van der Waals surface area contributed by atoms with Crippen molar-refractivity contribution in [2.45, 2.75) is 41.5 Å². The van der Waals surface area contributed by atoms with Gasteiger partial charge in [-0.1, -0.05) is 0 Å². The molecule has 0 saturated heterocycles. The van der Waals surface area contributed by atoms with Gasteiger partial charge in [-0.2, -0.15) is 0 Å². The van der Waals surface area contributed by atoms with Crippen LogP contribution in [-0.4, -0.2) is 9.97 Å². The van der Waals surface area contributed by atoms with E-state index >= 15 is 0 Å². The first-order valence-corrected chi connectivity index (χ1v) is 5.64. The van der Waals surface area contributed by atoms with Crippen molar-refractivity contribution in [3.8, 4) is 0 Å². The third-order valence-electron chi connectivity index (χ3n) is 3.59. The minimum atomic E-state index is 1.08. The van der Waals surface area contributed by atoms with E-state index in [4.69, 9.17) is 4.98 Å². The molecule has 0 aromatic carbocycles. The van der Waals surface area contributed by atoms with E-state index in [1.54, 1.807) is 0 Å². The zero-order valence-electron chi connectivity index (χ0n) is 10.9. The van der Waals surface area contributed by atoms with Crippen molar-refractivity contribution in [2.75, 3.05) is 0 Å². The fourth-order valence-electron chi connectivity index (χ4n) is 2.22. The molecule has 0 spiro atoms. The monoisotopic (exact) mass is 214 g/mol. The number of pyridine rings is 2. The second-order valence-electron chi connectivity index (χ2n) is 4.58. The molecule has 2 aromatic rings. The van der Waals surface area contributed by atoms with Gasteiger partial charge in [0.15, 0.2) is 0 Å². The predicted octanol–water partition coefficient (Wildman–Crippen LogP) is 3.48. The lowest BCUT2D eigenvalue weighted by molar-refractivity contribution is 1.08. The average Bonchev–Trinajstić information content (AvgIpc) is 2.22. The van der Waals surface area contributed by atoms with E-state index in [0.717, 1.165) is 22.6 Å². The molecule has 0 saturated carbocycles. The first-order valence-electron chi connectivity index (χ1n) is 5.64. The fourth-order valence-corrected chi connectivity index (χ4v) is 2.22. The molecule has 0 fully saturated rings. The smallest absolute Gasteiger partial charge is 0.0773 e. The molecule has 2 heterocycles. The van der Waals surface area contributed by atoms with Crippen molar-refractivity contribution >= 4 is 10.9 Å². The van der Waals surface area contributed by atoms with Gasteiger partial charge in [-0.15, -0.1) is 0 Å². The van der Waals surface area contributed by atoms with Crippen LogP contribution < -0.4 is 0 Å². The van der Waals surface area contributed by atoms with E-state index < -0.39 is 0 Å². The summed E-state index contributed by atoms with van der Waals surface area (Å²) in [5.74, 6) is 0. The van der Waals surface area contributed by atoms with Crippen LogP contribution in [0.2, 0.25) is 0 Å². The normalized spacial score (nSPS) is 11.1. The summed E-state index contributed by atoms with van der Waals surface area (Å²) < 4.78 is 0. The Hall–Kier alpha value is -1.44. The Bertz CT molecular complexity index is 583.